The first-order valence-corrected chi connectivity index (χ1v) is 7.83. The molecule has 0 unspecified atom stereocenters. The predicted molar refractivity (Wildman–Crippen MR) is 85.3 cm³/mol. The van der Waals surface area contributed by atoms with Crippen molar-refractivity contribution >= 4 is 11.6 Å². The Morgan fingerprint density at radius 2 is 1.71 bits per heavy atom. The van der Waals surface area contributed by atoms with E-state index in [0.717, 1.165) is 24.9 Å². The lowest BCUT2D eigenvalue weighted by Crippen LogP contribution is -2.20. The Hall–Kier alpha value is -2.09. The van der Waals surface area contributed by atoms with Crippen LogP contribution in [-0.4, -0.2) is 5.91 Å². The van der Waals surface area contributed by atoms with Crippen LogP contribution in [0.15, 0.2) is 42.5 Å². The van der Waals surface area contributed by atoms with Gasteiger partial charge in [-0.25, -0.2) is 0 Å². The lowest BCUT2D eigenvalue weighted by molar-refractivity contribution is -0.119. The first kappa shape index (κ1) is 12.6. The van der Waals surface area contributed by atoms with Crippen molar-refractivity contribution in [2.24, 2.45) is 5.92 Å². The van der Waals surface area contributed by atoms with Crippen molar-refractivity contribution in [3.8, 4) is 11.1 Å². The summed E-state index contributed by atoms with van der Waals surface area (Å²) in [4.78, 5) is 12.2. The van der Waals surface area contributed by atoms with Crippen molar-refractivity contribution in [3.05, 3.63) is 53.6 Å². The van der Waals surface area contributed by atoms with E-state index >= 15 is 0 Å². The number of hydrogen-bond acceptors (Lipinski definition) is 1. The molecule has 1 fully saturated rings. The molecule has 0 saturated heterocycles. The lowest BCUT2D eigenvalue weighted by atomic mass is 10.0. The Morgan fingerprint density at radius 3 is 2.57 bits per heavy atom. The highest BCUT2D eigenvalue weighted by molar-refractivity contribution is 5.93. The quantitative estimate of drug-likeness (QED) is 0.739. The van der Waals surface area contributed by atoms with Crippen LogP contribution in [0.2, 0.25) is 0 Å². The van der Waals surface area contributed by atoms with Crippen LogP contribution in [0.1, 0.15) is 36.8 Å². The molecule has 21 heavy (non-hydrogen) atoms. The minimum Gasteiger partial charge on any atom is -0.326 e. The van der Waals surface area contributed by atoms with Crippen LogP contribution in [0.5, 0.6) is 0 Å². The normalized spacial score (nSPS) is 16.6. The largest absolute Gasteiger partial charge is 0.326 e. The standard InChI is InChI=1S/C19H19NO/c21-19(13-5-1-2-6-13)20-16-9-10-18-15(12-16)11-14-7-3-4-8-17(14)18/h3-4,7-10,12-13H,1-2,5-6,11H2,(H,20,21). The molecule has 2 nitrogen and oxygen atoms in total. The smallest absolute Gasteiger partial charge is 0.227 e. The molecule has 0 spiro atoms. The summed E-state index contributed by atoms with van der Waals surface area (Å²) in [7, 11) is 0. The topological polar surface area (TPSA) is 29.1 Å². The third-order valence-corrected chi connectivity index (χ3v) is 4.79. The van der Waals surface area contributed by atoms with Gasteiger partial charge in [-0.1, -0.05) is 43.2 Å². The number of nitrogens with one attached hydrogen (secondary N) is 1. The summed E-state index contributed by atoms with van der Waals surface area (Å²) < 4.78 is 0. The number of benzene rings is 2. The van der Waals surface area contributed by atoms with E-state index in [2.05, 4.69) is 41.7 Å². The first-order valence-electron chi connectivity index (χ1n) is 7.83. The van der Waals surface area contributed by atoms with Gasteiger partial charge in [0.1, 0.15) is 0 Å². The molecule has 2 aliphatic rings. The van der Waals surface area contributed by atoms with Crippen LogP contribution in [0, 0.1) is 5.92 Å². The van der Waals surface area contributed by atoms with Gasteiger partial charge < -0.3 is 5.32 Å². The average Bonchev–Trinajstić information content (AvgIpc) is 3.14. The Labute approximate surface area is 125 Å². The Balaban J connectivity index is 1.57. The van der Waals surface area contributed by atoms with Crippen LogP contribution in [0.4, 0.5) is 5.69 Å². The van der Waals surface area contributed by atoms with E-state index in [1.807, 2.05) is 6.07 Å². The second kappa shape index (κ2) is 5.03. The van der Waals surface area contributed by atoms with Gasteiger partial charge in [0.05, 0.1) is 0 Å². The minimum atomic E-state index is 0.197. The third-order valence-electron chi connectivity index (χ3n) is 4.79. The van der Waals surface area contributed by atoms with Gasteiger partial charge in [-0.05, 0) is 53.6 Å². The fourth-order valence-electron chi connectivity index (χ4n) is 3.66. The summed E-state index contributed by atoms with van der Waals surface area (Å²) in [6, 6.07) is 14.9. The Morgan fingerprint density at radius 1 is 0.952 bits per heavy atom. The number of carbonyl (C=O) groups excluding carboxylic acids is 1. The molecule has 1 amide bonds. The van der Waals surface area contributed by atoms with E-state index in [4.69, 9.17) is 0 Å². The molecule has 4 rings (SSSR count). The van der Waals surface area contributed by atoms with E-state index < -0.39 is 0 Å². The van der Waals surface area contributed by atoms with Gasteiger partial charge in [-0.2, -0.15) is 0 Å². The highest BCUT2D eigenvalue weighted by Gasteiger charge is 2.23. The summed E-state index contributed by atoms with van der Waals surface area (Å²) in [6.45, 7) is 0. The molecule has 0 aliphatic heterocycles. The van der Waals surface area contributed by atoms with Gasteiger partial charge in [0, 0.05) is 11.6 Å². The molecular formula is C19H19NO. The second-order valence-corrected chi connectivity index (χ2v) is 6.18. The highest BCUT2D eigenvalue weighted by Crippen LogP contribution is 2.37. The summed E-state index contributed by atoms with van der Waals surface area (Å²) in [5.74, 6) is 0.415. The van der Waals surface area contributed by atoms with Gasteiger partial charge in [0.2, 0.25) is 5.91 Å². The van der Waals surface area contributed by atoms with E-state index in [9.17, 15) is 4.79 Å². The zero-order valence-electron chi connectivity index (χ0n) is 12.1. The van der Waals surface area contributed by atoms with Crippen LogP contribution < -0.4 is 5.32 Å². The van der Waals surface area contributed by atoms with Crippen LogP contribution in [-0.2, 0) is 11.2 Å². The van der Waals surface area contributed by atoms with Gasteiger partial charge in [0.15, 0.2) is 0 Å². The predicted octanol–water partition coefficient (Wildman–Crippen LogP) is 4.39. The van der Waals surface area contributed by atoms with Crippen molar-refractivity contribution < 1.29 is 4.79 Å². The zero-order valence-corrected chi connectivity index (χ0v) is 12.1. The van der Waals surface area contributed by atoms with Gasteiger partial charge >= 0.3 is 0 Å². The average molecular weight is 277 g/mol. The van der Waals surface area contributed by atoms with Crippen LogP contribution in [0.3, 0.4) is 0 Å². The highest BCUT2D eigenvalue weighted by atomic mass is 16.1. The molecule has 1 saturated carbocycles. The maximum atomic E-state index is 12.2. The van der Waals surface area contributed by atoms with Crippen molar-refractivity contribution in [1.29, 1.82) is 0 Å². The van der Waals surface area contributed by atoms with E-state index in [-0.39, 0.29) is 11.8 Å². The molecule has 0 heterocycles. The monoisotopic (exact) mass is 277 g/mol. The van der Waals surface area contributed by atoms with Crippen molar-refractivity contribution in [2.75, 3.05) is 5.32 Å². The molecule has 2 aromatic carbocycles. The fourth-order valence-corrected chi connectivity index (χ4v) is 3.66. The van der Waals surface area contributed by atoms with Gasteiger partial charge in [0.25, 0.3) is 0 Å². The summed E-state index contributed by atoms with van der Waals surface area (Å²) in [6.07, 6.45) is 5.44. The molecular weight excluding hydrogens is 258 g/mol. The maximum Gasteiger partial charge on any atom is 0.227 e. The van der Waals surface area contributed by atoms with E-state index in [0.29, 0.717) is 0 Å². The molecule has 2 aromatic rings. The summed E-state index contributed by atoms with van der Waals surface area (Å²) >= 11 is 0. The van der Waals surface area contributed by atoms with E-state index in [1.54, 1.807) is 0 Å². The number of hydrogen-bond donors (Lipinski definition) is 1. The lowest BCUT2D eigenvalue weighted by Gasteiger charge is -2.11. The number of rotatable bonds is 2. The second-order valence-electron chi connectivity index (χ2n) is 6.18. The number of fused-ring (bicyclic) bond motifs is 3. The fraction of sp³-hybridized carbons (Fsp3) is 0.316. The first-order chi connectivity index (χ1) is 10.3. The van der Waals surface area contributed by atoms with Crippen molar-refractivity contribution in [3.63, 3.8) is 0 Å². The molecule has 2 aliphatic carbocycles. The van der Waals surface area contributed by atoms with Crippen LogP contribution >= 0.6 is 0 Å². The molecule has 1 N–H and O–H groups in total. The van der Waals surface area contributed by atoms with E-state index in [1.165, 1.54) is 35.1 Å². The van der Waals surface area contributed by atoms with Crippen molar-refractivity contribution in [1.82, 2.24) is 0 Å². The zero-order chi connectivity index (χ0) is 14.2. The molecule has 2 heteroatoms. The molecule has 0 atom stereocenters. The number of amides is 1. The molecule has 0 aromatic heterocycles. The number of carbonyl (C=O) groups is 1. The molecule has 0 radical (unpaired) electrons. The molecule has 0 bridgehead atoms. The van der Waals surface area contributed by atoms with Crippen molar-refractivity contribution in [2.45, 2.75) is 32.1 Å². The SMILES string of the molecule is O=C(Nc1ccc2c(c1)Cc1ccccc1-2)C1CCCC1. The maximum absolute atomic E-state index is 12.2. The Kier molecular flexibility index (Phi) is 3.03. The number of anilines is 1. The minimum absolute atomic E-state index is 0.197. The summed E-state index contributed by atoms with van der Waals surface area (Å²) in [5.41, 5.74) is 6.29. The van der Waals surface area contributed by atoms with Gasteiger partial charge in [-0.15, -0.1) is 0 Å². The van der Waals surface area contributed by atoms with Crippen LogP contribution in [0.25, 0.3) is 11.1 Å². The third kappa shape index (κ3) is 2.25. The van der Waals surface area contributed by atoms with Gasteiger partial charge in [-0.3, -0.25) is 4.79 Å². The summed E-state index contributed by atoms with van der Waals surface area (Å²) in [5, 5.41) is 3.10. The Bertz CT molecular complexity index is 698. The molecule has 106 valence electrons.